The first-order valence-corrected chi connectivity index (χ1v) is 39.7. The van der Waals surface area contributed by atoms with E-state index in [2.05, 4.69) is 145 Å². The predicted octanol–water partition coefficient (Wildman–Crippen LogP) is 15.4. The number of nitrogens with zero attached hydrogens (tertiary/aromatic N) is 9. The summed E-state index contributed by atoms with van der Waals surface area (Å²) < 4.78 is 35.5. The molecule has 6 aliphatic carbocycles. The molecule has 0 bridgehead atoms. The second kappa shape index (κ2) is 37.2. The molecule has 6 aromatic heterocycles. The molecule has 7 heterocycles. The molecule has 2 unspecified atom stereocenters. The van der Waals surface area contributed by atoms with Crippen LogP contribution in [0.2, 0.25) is 0 Å². The Labute approximate surface area is 618 Å². The summed E-state index contributed by atoms with van der Waals surface area (Å²) in [6.07, 6.45) is 38.7. The van der Waals surface area contributed by atoms with Gasteiger partial charge in [-0.3, -0.25) is 14.4 Å². The van der Waals surface area contributed by atoms with Gasteiger partial charge < -0.3 is 68.5 Å². The number of carbonyl (C=O) groups excluding carboxylic acids is 3. The van der Waals surface area contributed by atoms with Crippen molar-refractivity contribution in [2.24, 2.45) is 17.8 Å². The Bertz CT molecular complexity index is 3810. The largest absolute Gasteiger partial charge is 0.490 e. The van der Waals surface area contributed by atoms with E-state index in [0.29, 0.717) is 68.1 Å². The maximum Gasteiger partial charge on any atom is 0.490 e. The summed E-state index contributed by atoms with van der Waals surface area (Å²) in [5.74, 6) is 2.21. The van der Waals surface area contributed by atoms with Crippen molar-refractivity contribution in [2.45, 2.75) is 283 Å². The van der Waals surface area contributed by atoms with Crippen LogP contribution in [0.15, 0.2) is 59.3 Å². The van der Waals surface area contributed by atoms with Crippen molar-refractivity contribution >= 4 is 97.5 Å². The molecule has 1 aliphatic heterocycles. The fourth-order valence-corrected chi connectivity index (χ4v) is 16.0. The second-order valence-electron chi connectivity index (χ2n) is 30.1. The summed E-state index contributed by atoms with van der Waals surface area (Å²) in [5, 5.41) is 42.7. The smallest absolute Gasteiger partial charge is 0.466 e. The highest BCUT2D eigenvalue weighted by Crippen LogP contribution is 2.45. The molecule has 23 nitrogen and oxygen atoms in total. The van der Waals surface area contributed by atoms with Gasteiger partial charge in [-0.2, -0.15) is 15.0 Å². The number of nitrogens with one attached hydrogen (secondary N) is 3. The summed E-state index contributed by atoms with van der Waals surface area (Å²) >= 11 is 3.60. The van der Waals surface area contributed by atoms with E-state index in [1.807, 2.05) is 39.4 Å². The Morgan fingerprint density at radius 1 is 0.505 bits per heavy atom. The molecule has 6 aromatic rings. The highest BCUT2D eigenvalue weighted by atomic mass is 79.9. The molecular weight excluding hydrogens is 1370 g/mol. The van der Waals surface area contributed by atoms with Crippen LogP contribution in [0.3, 0.4) is 0 Å². The molecule has 25 heteroatoms. The van der Waals surface area contributed by atoms with Crippen LogP contribution in [-0.4, -0.2) is 153 Å². The monoisotopic (exact) mass is 1490 g/mol. The molecule has 0 aromatic carbocycles. The minimum absolute atomic E-state index is 0.0128. The number of aliphatic hydroxyl groups excluding tert-OH is 3. The summed E-state index contributed by atoms with van der Waals surface area (Å²) in [4.78, 5) is 63.9. The maximum atomic E-state index is 12.1. The van der Waals surface area contributed by atoms with Gasteiger partial charge >= 0.3 is 25.0 Å². The summed E-state index contributed by atoms with van der Waals surface area (Å²) in [7, 11) is -0.275. The Kier molecular flexibility index (Phi) is 28.5. The average molecular weight is 1490 g/mol. The van der Waals surface area contributed by atoms with Gasteiger partial charge in [-0.05, 0) is 247 Å². The number of allylic oxidation sites excluding steroid dienone is 4. The van der Waals surface area contributed by atoms with Crippen LogP contribution in [0.4, 0.5) is 17.8 Å². The van der Waals surface area contributed by atoms with Gasteiger partial charge in [-0.1, -0.05) is 32.9 Å². The van der Waals surface area contributed by atoms with Crippen molar-refractivity contribution in [3.05, 3.63) is 70.4 Å². The van der Waals surface area contributed by atoms with Crippen LogP contribution in [0.25, 0.3) is 38.7 Å². The number of hydrogen-bond donors (Lipinski definition) is 6. The number of rotatable bonds is 21. The number of halogens is 1. The number of carbonyl (C=O) groups is 3. The Balaban J connectivity index is 0.000000150. The van der Waals surface area contributed by atoms with Crippen molar-refractivity contribution in [3.8, 4) is 0 Å². The van der Waals surface area contributed by atoms with Crippen LogP contribution in [0.1, 0.15) is 265 Å². The van der Waals surface area contributed by atoms with Crippen molar-refractivity contribution in [1.82, 2.24) is 43.6 Å². The Morgan fingerprint density at radius 2 is 0.903 bits per heavy atom. The van der Waals surface area contributed by atoms with E-state index in [1.54, 1.807) is 0 Å². The first-order valence-electron chi connectivity index (χ1n) is 38.9. The molecule has 7 aliphatic rings. The van der Waals surface area contributed by atoms with Gasteiger partial charge in [-0.15, -0.1) is 0 Å². The number of anilines is 3. The third kappa shape index (κ3) is 20.0. The summed E-state index contributed by atoms with van der Waals surface area (Å²) in [5.41, 5.74) is 7.21. The number of aromatic nitrogens is 9. The van der Waals surface area contributed by atoms with Crippen molar-refractivity contribution < 1.29 is 53.2 Å². The van der Waals surface area contributed by atoms with Gasteiger partial charge in [-0.25, -0.2) is 15.0 Å². The van der Waals surface area contributed by atoms with E-state index >= 15 is 0 Å². The van der Waals surface area contributed by atoms with Crippen molar-refractivity contribution in [1.29, 1.82) is 0 Å². The molecule has 103 heavy (non-hydrogen) atoms. The SMILES string of the molecule is CCCNc1ncc2c(Br)cn(C3CCC(O)CC3)c2n1.CCCNc1ncc2c(C3=CCC(C(=O)OCC)CC3)cn(C3CCC(O)CC3)c2n1.CCCNc1ncc2c(C3CCC(C(=O)OCC)CC3)cn(C3CCC(O)CC3)c2n1.CCOC(=O)C1CC=C(B2OC(C)(C)C(C)(C)O2)CC1. The molecule has 0 radical (unpaired) electrons. The van der Waals surface area contributed by atoms with Gasteiger partial charge in [0.25, 0.3) is 0 Å². The zero-order valence-electron chi connectivity index (χ0n) is 62.9. The standard InChI is InChI=1S/C24H36N4O3.C24H34N4O3.C15H25BO4.C15H21BrN4O/c2*1-3-13-25-24-26-14-20-21(16-5-7-17(8-6-16)23(30)31-4-2)15-28(22(20)27-24)18-9-11-19(29)12-10-18;1-6-18-13(17)11-7-9-12(10-8-11)16-19-14(2,3)15(4,5)20-16;1-2-7-17-15-18-8-12-13(16)9-20(14(12)19-15)10-3-5-11(21)6-4-10/h14-19,29H,3-13H2,1-2H3,(H,25,26,27);5,14-15,17-19,29H,3-4,6-13H2,1-2H3,(H,25,26,27);9,11H,6-8,10H2,1-5H3;8-11,21H,2-7H2,1H3,(H,17,18,19). The third-order valence-electron chi connectivity index (χ3n) is 22.3. The highest BCUT2D eigenvalue weighted by molar-refractivity contribution is 9.10. The molecule has 5 fully saturated rings. The van der Waals surface area contributed by atoms with E-state index in [-0.39, 0.29) is 72.3 Å². The fourth-order valence-electron chi connectivity index (χ4n) is 15.5. The molecule has 2 atom stereocenters. The summed E-state index contributed by atoms with van der Waals surface area (Å²) in [6, 6.07) is 1.12. The second-order valence-corrected chi connectivity index (χ2v) is 31.0. The number of fused-ring (bicyclic) bond motifs is 3. The number of aliphatic hydroxyl groups is 3. The molecule has 4 saturated carbocycles. The maximum absolute atomic E-state index is 12.1. The molecule has 1 saturated heterocycles. The molecule has 0 amide bonds. The zero-order valence-corrected chi connectivity index (χ0v) is 64.5. The van der Waals surface area contributed by atoms with Crippen molar-refractivity contribution in [2.75, 3.05) is 55.4 Å². The van der Waals surface area contributed by atoms with Crippen LogP contribution >= 0.6 is 15.9 Å². The number of esters is 3. The van der Waals surface area contributed by atoms with Gasteiger partial charge in [0.1, 0.15) is 16.9 Å². The topological polar surface area (TPSA) is 286 Å². The normalized spacial score (nSPS) is 25.4. The average Bonchev–Trinajstić information content (AvgIpc) is 1.63. The lowest BCUT2D eigenvalue weighted by molar-refractivity contribution is -0.149. The first kappa shape index (κ1) is 79.1. The van der Waals surface area contributed by atoms with Crippen LogP contribution in [0, 0.1) is 17.8 Å². The first-order chi connectivity index (χ1) is 49.7. The lowest BCUT2D eigenvalue weighted by atomic mass is 9.70. The third-order valence-corrected chi connectivity index (χ3v) is 22.9. The number of ether oxygens (including phenoxy) is 3. The highest BCUT2D eigenvalue weighted by Gasteiger charge is 2.52. The molecular formula is C78H116BBrN12O11. The Morgan fingerprint density at radius 3 is 1.33 bits per heavy atom. The summed E-state index contributed by atoms with van der Waals surface area (Å²) in [6.45, 7) is 24.1. The lowest BCUT2D eigenvalue weighted by Crippen LogP contribution is -2.41. The lowest BCUT2D eigenvalue weighted by Gasteiger charge is -2.32. The number of hydrogen-bond acceptors (Lipinski definition) is 20. The fraction of sp³-hybridized carbons (Fsp3) is 0.679. The Hall–Kier alpha value is -6.51. The van der Waals surface area contributed by atoms with E-state index in [0.717, 1.165) is 217 Å². The van der Waals surface area contributed by atoms with E-state index in [9.17, 15) is 29.7 Å². The molecule has 564 valence electrons. The van der Waals surface area contributed by atoms with Crippen LogP contribution in [0.5, 0.6) is 0 Å². The van der Waals surface area contributed by atoms with Crippen LogP contribution < -0.4 is 16.0 Å². The molecule has 6 N–H and O–H groups in total. The predicted molar refractivity (Wildman–Crippen MR) is 409 cm³/mol. The van der Waals surface area contributed by atoms with E-state index in [1.165, 1.54) is 16.7 Å². The van der Waals surface area contributed by atoms with E-state index in [4.69, 9.17) is 33.5 Å². The minimum Gasteiger partial charge on any atom is -0.466 e. The molecule has 0 spiro atoms. The van der Waals surface area contributed by atoms with Crippen LogP contribution in [-0.2, 0) is 37.9 Å². The zero-order chi connectivity index (χ0) is 73.4. The quantitative estimate of drug-likeness (QED) is 0.0222. The van der Waals surface area contributed by atoms with Gasteiger partial charge in [0.15, 0.2) is 0 Å². The molecule has 13 rings (SSSR count). The van der Waals surface area contributed by atoms with E-state index < -0.39 is 0 Å². The van der Waals surface area contributed by atoms with Gasteiger partial charge in [0.05, 0.1) is 72.5 Å². The van der Waals surface area contributed by atoms with Gasteiger partial charge in [0, 0.05) is 95.7 Å². The van der Waals surface area contributed by atoms with Gasteiger partial charge in [0.2, 0.25) is 17.8 Å². The minimum atomic E-state index is -0.309. The van der Waals surface area contributed by atoms with Crippen molar-refractivity contribution in [3.63, 3.8) is 0 Å².